The standard InChI is InChI=1S/C15H20N2O4/c1-3-20-12-6-8-13(9-7-12)21-10(2)14(18)16-17-15(19)11-4-5-11/h6-11H,3-5H2,1-2H3,(H,16,18)(H,17,19)/t10-/m0/s1. The van der Waals surface area contributed by atoms with Gasteiger partial charge in [-0.15, -0.1) is 0 Å². The summed E-state index contributed by atoms with van der Waals surface area (Å²) < 4.78 is 10.8. The molecule has 0 aromatic heterocycles. The van der Waals surface area contributed by atoms with Crippen molar-refractivity contribution in [2.24, 2.45) is 5.92 Å². The van der Waals surface area contributed by atoms with E-state index in [9.17, 15) is 9.59 Å². The lowest BCUT2D eigenvalue weighted by Crippen LogP contribution is -2.47. The Morgan fingerprint density at radius 3 is 2.38 bits per heavy atom. The van der Waals surface area contributed by atoms with E-state index in [0.29, 0.717) is 12.4 Å². The quantitative estimate of drug-likeness (QED) is 0.777. The first kappa shape index (κ1) is 15.2. The SMILES string of the molecule is CCOc1ccc(O[C@@H](C)C(=O)NNC(=O)C2CC2)cc1. The van der Waals surface area contributed by atoms with Gasteiger partial charge in [0.25, 0.3) is 5.91 Å². The van der Waals surface area contributed by atoms with Gasteiger partial charge in [0, 0.05) is 5.92 Å². The molecule has 1 fully saturated rings. The maximum atomic E-state index is 11.8. The lowest BCUT2D eigenvalue weighted by molar-refractivity contribution is -0.133. The van der Waals surface area contributed by atoms with Crippen molar-refractivity contribution in [3.8, 4) is 11.5 Å². The van der Waals surface area contributed by atoms with E-state index < -0.39 is 12.0 Å². The number of rotatable bonds is 6. The Morgan fingerprint density at radius 2 is 1.81 bits per heavy atom. The van der Waals surface area contributed by atoms with Gasteiger partial charge in [-0.25, -0.2) is 0 Å². The molecule has 1 aliphatic carbocycles. The van der Waals surface area contributed by atoms with Crippen molar-refractivity contribution in [2.75, 3.05) is 6.61 Å². The average molecular weight is 292 g/mol. The van der Waals surface area contributed by atoms with Gasteiger partial charge >= 0.3 is 0 Å². The van der Waals surface area contributed by atoms with Gasteiger partial charge in [0.1, 0.15) is 11.5 Å². The number of hydrogen-bond donors (Lipinski definition) is 2. The van der Waals surface area contributed by atoms with Crippen LogP contribution in [0.5, 0.6) is 11.5 Å². The van der Waals surface area contributed by atoms with E-state index in [4.69, 9.17) is 9.47 Å². The summed E-state index contributed by atoms with van der Waals surface area (Å²) in [4.78, 5) is 23.2. The van der Waals surface area contributed by atoms with E-state index in [1.54, 1.807) is 31.2 Å². The number of amides is 2. The first-order chi connectivity index (χ1) is 10.1. The van der Waals surface area contributed by atoms with Crippen LogP contribution >= 0.6 is 0 Å². The summed E-state index contributed by atoms with van der Waals surface area (Å²) >= 11 is 0. The van der Waals surface area contributed by atoms with Gasteiger partial charge in [-0.05, 0) is 51.0 Å². The van der Waals surface area contributed by atoms with Crippen molar-refractivity contribution >= 4 is 11.8 Å². The van der Waals surface area contributed by atoms with E-state index >= 15 is 0 Å². The van der Waals surface area contributed by atoms with Crippen LogP contribution in [0.4, 0.5) is 0 Å². The van der Waals surface area contributed by atoms with Crippen LogP contribution in [0.25, 0.3) is 0 Å². The number of hydrazine groups is 1. The van der Waals surface area contributed by atoms with Gasteiger partial charge in [0.15, 0.2) is 6.10 Å². The molecule has 1 aromatic rings. The number of hydrogen-bond acceptors (Lipinski definition) is 4. The second kappa shape index (κ2) is 6.97. The number of benzene rings is 1. The largest absolute Gasteiger partial charge is 0.494 e. The molecule has 1 atom stereocenters. The summed E-state index contributed by atoms with van der Waals surface area (Å²) in [5, 5.41) is 0. The zero-order valence-corrected chi connectivity index (χ0v) is 12.2. The van der Waals surface area contributed by atoms with Gasteiger partial charge in [-0.1, -0.05) is 0 Å². The van der Waals surface area contributed by atoms with Crippen LogP contribution in [0.15, 0.2) is 24.3 Å². The monoisotopic (exact) mass is 292 g/mol. The van der Waals surface area contributed by atoms with E-state index in [-0.39, 0.29) is 11.8 Å². The molecule has 114 valence electrons. The fourth-order valence-corrected chi connectivity index (χ4v) is 1.71. The van der Waals surface area contributed by atoms with Crippen LogP contribution in [-0.4, -0.2) is 24.5 Å². The molecule has 2 N–H and O–H groups in total. The van der Waals surface area contributed by atoms with E-state index in [1.807, 2.05) is 6.92 Å². The van der Waals surface area contributed by atoms with Crippen LogP contribution in [0.3, 0.4) is 0 Å². The normalized spacial score (nSPS) is 15.0. The second-order valence-electron chi connectivity index (χ2n) is 4.92. The van der Waals surface area contributed by atoms with Crippen molar-refractivity contribution in [3.05, 3.63) is 24.3 Å². The smallest absolute Gasteiger partial charge is 0.279 e. The molecular weight excluding hydrogens is 272 g/mol. The molecule has 0 bridgehead atoms. The van der Waals surface area contributed by atoms with Crippen LogP contribution in [-0.2, 0) is 9.59 Å². The van der Waals surface area contributed by atoms with Gasteiger partial charge in [-0.2, -0.15) is 0 Å². The Kier molecular flexibility index (Phi) is 5.03. The van der Waals surface area contributed by atoms with Gasteiger partial charge in [0.05, 0.1) is 6.61 Å². The summed E-state index contributed by atoms with van der Waals surface area (Å²) in [6.07, 6.45) is 1.07. The molecule has 2 amide bonds. The summed E-state index contributed by atoms with van der Waals surface area (Å²) in [5.41, 5.74) is 4.77. The summed E-state index contributed by atoms with van der Waals surface area (Å²) in [6.45, 7) is 4.13. The first-order valence-electron chi connectivity index (χ1n) is 7.09. The molecule has 0 unspecified atom stereocenters. The zero-order chi connectivity index (χ0) is 15.2. The molecule has 6 nitrogen and oxygen atoms in total. The van der Waals surface area contributed by atoms with Crippen LogP contribution in [0.2, 0.25) is 0 Å². The molecule has 1 saturated carbocycles. The fourth-order valence-electron chi connectivity index (χ4n) is 1.71. The zero-order valence-electron chi connectivity index (χ0n) is 12.2. The highest BCUT2D eigenvalue weighted by molar-refractivity contribution is 5.86. The van der Waals surface area contributed by atoms with Crippen LogP contribution in [0.1, 0.15) is 26.7 Å². The van der Waals surface area contributed by atoms with Crippen molar-refractivity contribution in [1.82, 2.24) is 10.9 Å². The van der Waals surface area contributed by atoms with Crippen LogP contribution < -0.4 is 20.3 Å². The van der Waals surface area contributed by atoms with Crippen molar-refractivity contribution in [2.45, 2.75) is 32.8 Å². The molecule has 6 heteroatoms. The minimum atomic E-state index is -0.706. The maximum absolute atomic E-state index is 11.8. The lowest BCUT2D eigenvalue weighted by Gasteiger charge is -2.15. The third kappa shape index (κ3) is 4.66. The molecule has 0 spiro atoms. The first-order valence-corrected chi connectivity index (χ1v) is 7.09. The molecule has 0 aliphatic heterocycles. The highest BCUT2D eigenvalue weighted by Crippen LogP contribution is 2.28. The van der Waals surface area contributed by atoms with Gasteiger partial charge in [0.2, 0.25) is 5.91 Å². The summed E-state index contributed by atoms with van der Waals surface area (Å²) in [6, 6.07) is 7.02. The Balaban J connectivity index is 1.77. The third-order valence-electron chi connectivity index (χ3n) is 3.07. The highest BCUT2D eigenvalue weighted by atomic mass is 16.5. The van der Waals surface area contributed by atoms with E-state index in [0.717, 1.165) is 18.6 Å². The molecule has 0 radical (unpaired) electrons. The molecule has 2 rings (SSSR count). The number of carbonyl (C=O) groups excluding carboxylic acids is 2. The Bertz CT molecular complexity index is 497. The molecule has 0 saturated heterocycles. The number of carbonyl (C=O) groups is 2. The predicted octanol–water partition coefficient (Wildman–Crippen LogP) is 1.41. The summed E-state index contributed by atoms with van der Waals surface area (Å²) in [5.74, 6) is 0.829. The molecule has 21 heavy (non-hydrogen) atoms. The van der Waals surface area contributed by atoms with Crippen molar-refractivity contribution < 1.29 is 19.1 Å². The molecule has 1 aliphatic rings. The minimum absolute atomic E-state index is 0.0487. The van der Waals surface area contributed by atoms with Gasteiger partial charge < -0.3 is 9.47 Å². The van der Waals surface area contributed by atoms with Crippen molar-refractivity contribution in [3.63, 3.8) is 0 Å². The van der Waals surface area contributed by atoms with Crippen LogP contribution in [0, 0.1) is 5.92 Å². The Hall–Kier alpha value is -2.24. The van der Waals surface area contributed by atoms with Gasteiger partial charge in [-0.3, -0.25) is 20.4 Å². The molecular formula is C15H20N2O4. The number of nitrogens with one attached hydrogen (secondary N) is 2. The highest BCUT2D eigenvalue weighted by Gasteiger charge is 2.30. The number of ether oxygens (including phenoxy) is 2. The fraction of sp³-hybridized carbons (Fsp3) is 0.467. The molecule has 0 heterocycles. The lowest BCUT2D eigenvalue weighted by atomic mass is 10.3. The summed E-state index contributed by atoms with van der Waals surface area (Å²) in [7, 11) is 0. The Morgan fingerprint density at radius 1 is 1.19 bits per heavy atom. The van der Waals surface area contributed by atoms with E-state index in [1.165, 1.54) is 0 Å². The topological polar surface area (TPSA) is 76.7 Å². The second-order valence-corrected chi connectivity index (χ2v) is 4.92. The third-order valence-corrected chi connectivity index (χ3v) is 3.07. The average Bonchev–Trinajstić information content (AvgIpc) is 3.31. The molecule has 1 aromatic carbocycles. The minimum Gasteiger partial charge on any atom is -0.494 e. The maximum Gasteiger partial charge on any atom is 0.279 e. The predicted molar refractivity (Wildman–Crippen MR) is 76.7 cm³/mol. The van der Waals surface area contributed by atoms with E-state index in [2.05, 4.69) is 10.9 Å². The Labute approximate surface area is 123 Å². The van der Waals surface area contributed by atoms with Crippen molar-refractivity contribution in [1.29, 1.82) is 0 Å².